The highest BCUT2D eigenvalue weighted by molar-refractivity contribution is 7.89. The first-order chi connectivity index (χ1) is 9.99. The van der Waals surface area contributed by atoms with Crippen molar-refractivity contribution in [3.8, 4) is 0 Å². The van der Waals surface area contributed by atoms with Crippen LogP contribution in [0.15, 0.2) is 59.8 Å². The van der Waals surface area contributed by atoms with E-state index in [0.29, 0.717) is 0 Å². The Labute approximate surface area is 123 Å². The van der Waals surface area contributed by atoms with Crippen molar-refractivity contribution in [3.05, 3.63) is 60.4 Å². The van der Waals surface area contributed by atoms with Crippen LogP contribution in [0.25, 0.3) is 0 Å². The molecule has 1 aromatic heterocycles. The van der Waals surface area contributed by atoms with E-state index in [4.69, 9.17) is 5.73 Å². The standard InChI is InChI=1S/C14H15N3O3S/c15-14(18)13(9-11-5-2-1-3-6-11)17-21(19,20)12-7-4-8-16-10-12/h1-8,10,13,17H,9H2,(H2,15,18). The van der Waals surface area contributed by atoms with Gasteiger partial charge in [0.15, 0.2) is 0 Å². The molecular weight excluding hydrogens is 290 g/mol. The number of nitrogens with zero attached hydrogens (tertiary/aromatic N) is 1. The number of hydrogen-bond acceptors (Lipinski definition) is 4. The molecule has 0 aliphatic rings. The van der Waals surface area contributed by atoms with Crippen molar-refractivity contribution in [2.45, 2.75) is 17.4 Å². The van der Waals surface area contributed by atoms with Crippen LogP contribution in [0.1, 0.15) is 5.56 Å². The van der Waals surface area contributed by atoms with Crippen LogP contribution in [0.3, 0.4) is 0 Å². The lowest BCUT2D eigenvalue weighted by Gasteiger charge is -2.15. The van der Waals surface area contributed by atoms with Crippen LogP contribution in [0, 0.1) is 0 Å². The van der Waals surface area contributed by atoms with E-state index in [1.807, 2.05) is 18.2 Å². The van der Waals surface area contributed by atoms with Gasteiger partial charge in [-0.2, -0.15) is 4.72 Å². The summed E-state index contributed by atoms with van der Waals surface area (Å²) in [5.41, 5.74) is 6.10. The Hall–Kier alpha value is -2.25. The zero-order valence-corrected chi connectivity index (χ0v) is 12.0. The number of nitrogens with two attached hydrogens (primary N) is 1. The van der Waals surface area contributed by atoms with Crippen molar-refractivity contribution in [2.24, 2.45) is 5.73 Å². The first-order valence-corrected chi connectivity index (χ1v) is 7.73. The minimum absolute atomic E-state index is 0.00990. The van der Waals surface area contributed by atoms with Crippen molar-refractivity contribution >= 4 is 15.9 Å². The molecule has 0 saturated heterocycles. The summed E-state index contributed by atoms with van der Waals surface area (Å²) in [4.78, 5) is 15.2. The number of primary amides is 1. The Kier molecular flexibility index (Phi) is 4.66. The van der Waals surface area contributed by atoms with Crippen LogP contribution in [0.4, 0.5) is 0 Å². The molecule has 1 unspecified atom stereocenters. The summed E-state index contributed by atoms with van der Waals surface area (Å²) in [6, 6.07) is 10.9. The molecule has 3 N–H and O–H groups in total. The third-order valence-corrected chi connectivity index (χ3v) is 4.33. The number of amides is 1. The summed E-state index contributed by atoms with van der Waals surface area (Å²) in [7, 11) is -3.84. The molecule has 1 heterocycles. The Morgan fingerprint density at radius 2 is 1.90 bits per heavy atom. The van der Waals surface area contributed by atoms with Gasteiger partial charge < -0.3 is 5.73 Å². The van der Waals surface area contributed by atoms with Gasteiger partial charge in [0.25, 0.3) is 0 Å². The van der Waals surface area contributed by atoms with Crippen LogP contribution >= 0.6 is 0 Å². The quantitative estimate of drug-likeness (QED) is 0.809. The summed E-state index contributed by atoms with van der Waals surface area (Å²) in [5.74, 6) is -0.730. The van der Waals surface area contributed by atoms with E-state index < -0.39 is 22.0 Å². The Morgan fingerprint density at radius 1 is 1.19 bits per heavy atom. The van der Waals surface area contributed by atoms with Crippen LogP contribution in [0.5, 0.6) is 0 Å². The first kappa shape index (κ1) is 15.1. The molecule has 21 heavy (non-hydrogen) atoms. The van der Waals surface area contributed by atoms with Gasteiger partial charge in [-0.15, -0.1) is 0 Å². The van der Waals surface area contributed by atoms with Gasteiger partial charge >= 0.3 is 0 Å². The second-order valence-corrected chi connectivity index (χ2v) is 6.17. The molecule has 0 radical (unpaired) electrons. The van der Waals surface area contributed by atoms with Gasteiger partial charge in [0.05, 0.1) is 0 Å². The van der Waals surface area contributed by atoms with Crippen molar-refractivity contribution < 1.29 is 13.2 Å². The molecule has 0 saturated carbocycles. The van der Waals surface area contributed by atoms with Crippen LogP contribution < -0.4 is 10.5 Å². The molecule has 1 atom stereocenters. The fourth-order valence-electron chi connectivity index (χ4n) is 1.81. The highest BCUT2D eigenvalue weighted by Gasteiger charge is 2.24. The fraction of sp³-hybridized carbons (Fsp3) is 0.143. The highest BCUT2D eigenvalue weighted by Crippen LogP contribution is 2.09. The number of rotatable bonds is 6. The van der Waals surface area contributed by atoms with Crippen molar-refractivity contribution in [3.63, 3.8) is 0 Å². The Balaban J connectivity index is 2.19. The van der Waals surface area contributed by atoms with Crippen LogP contribution in [-0.4, -0.2) is 25.4 Å². The van der Waals surface area contributed by atoms with Gasteiger partial charge in [-0.05, 0) is 24.1 Å². The van der Waals surface area contributed by atoms with Gasteiger partial charge in [0.1, 0.15) is 10.9 Å². The molecule has 2 aromatic rings. The normalized spacial score (nSPS) is 12.8. The van der Waals surface area contributed by atoms with Crippen molar-refractivity contribution in [1.82, 2.24) is 9.71 Å². The molecule has 6 nitrogen and oxygen atoms in total. The molecule has 0 bridgehead atoms. The zero-order valence-electron chi connectivity index (χ0n) is 11.1. The summed E-state index contributed by atoms with van der Waals surface area (Å²) >= 11 is 0. The van der Waals surface area contributed by atoms with E-state index in [1.165, 1.54) is 24.5 Å². The summed E-state index contributed by atoms with van der Waals surface area (Å²) in [6.45, 7) is 0. The SMILES string of the molecule is NC(=O)C(Cc1ccccc1)NS(=O)(=O)c1cccnc1. The molecule has 0 aliphatic heterocycles. The van der Waals surface area contributed by atoms with Crippen LogP contribution in [0.2, 0.25) is 0 Å². The number of benzene rings is 1. The van der Waals surface area contributed by atoms with E-state index in [9.17, 15) is 13.2 Å². The van der Waals surface area contributed by atoms with E-state index in [2.05, 4.69) is 9.71 Å². The number of hydrogen-bond donors (Lipinski definition) is 2. The first-order valence-electron chi connectivity index (χ1n) is 6.24. The van der Waals surface area contributed by atoms with Gasteiger partial charge in [-0.3, -0.25) is 9.78 Å². The smallest absolute Gasteiger partial charge is 0.242 e. The Bertz CT molecular complexity index is 703. The maximum Gasteiger partial charge on any atom is 0.242 e. The average molecular weight is 305 g/mol. The van der Waals surface area contributed by atoms with Gasteiger partial charge in [0, 0.05) is 12.4 Å². The number of nitrogens with one attached hydrogen (secondary N) is 1. The Morgan fingerprint density at radius 3 is 2.48 bits per heavy atom. The monoisotopic (exact) mass is 305 g/mol. The summed E-state index contributed by atoms with van der Waals surface area (Å²) in [5, 5.41) is 0. The van der Waals surface area contributed by atoms with Crippen LogP contribution in [-0.2, 0) is 21.2 Å². The third kappa shape index (κ3) is 4.11. The third-order valence-electron chi connectivity index (χ3n) is 2.87. The molecule has 2 rings (SSSR count). The maximum absolute atomic E-state index is 12.2. The highest BCUT2D eigenvalue weighted by atomic mass is 32.2. The predicted molar refractivity (Wildman–Crippen MR) is 77.7 cm³/mol. The van der Waals surface area contributed by atoms with Gasteiger partial charge in [-0.25, -0.2) is 8.42 Å². The molecule has 0 spiro atoms. The molecule has 110 valence electrons. The maximum atomic E-state index is 12.2. The number of aromatic nitrogens is 1. The molecular formula is C14H15N3O3S. The largest absolute Gasteiger partial charge is 0.368 e. The van der Waals surface area contributed by atoms with Crippen molar-refractivity contribution in [1.29, 1.82) is 0 Å². The number of carbonyl (C=O) groups is 1. The molecule has 0 aliphatic carbocycles. The van der Waals surface area contributed by atoms with Gasteiger partial charge in [-0.1, -0.05) is 30.3 Å². The summed E-state index contributed by atoms with van der Waals surface area (Å²) < 4.78 is 26.7. The minimum atomic E-state index is -3.84. The van der Waals surface area contributed by atoms with Gasteiger partial charge in [0.2, 0.25) is 15.9 Å². The number of carbonyl (C=O) groups excluding carboxylic acids is 1. The van der Waals surface area contributed by atoms with E-state index in [-0.39, 0.29) is 11.3 Å². The lowest BCUT2D eigenvalue weighted by atomic mass is 10.1. The fourth-order valence-corrected chi connectivity index (χ4v) is 2.98. The van der Waals surface area contributed by atoms with E-state index in [0.717, 1.165) is 5.56 Å². The minimum Gasteiger partial charge on any atom is -0.368 e. The summed E-state index contributed by atoms with van der Waals surface area (Å²) in [6.07, 6.45) is 2.87. The second-order valence-electron chi connectivity index (χ2n) is 4.45. The second kappa shape index (κ2) is 6.47. The molecule has 0 fully saturated rings. The molecule has 1 amide bonds. The number of sulfonamides is 1. The molecule has 1 aromatic carbocycles. The topological polar surface area (TPSA) is 102 Å². The lowest BCUT2D eigenvalue weighted by Crippen LogP contribution is -2.45. The zero-order chi connectivity index (χ0) is 15.3. The van der Waals surface area contributed by atoms with Crippen molar-refractivity contribution in [2.75, 3.05) is 0 Å². The lowest BCUT2D eigenvalue weighted by molar-refractivity contribution is -0.119. The average Bonchev–Trinajstić information content (AvgIpc) is 2.48. The number of pyridine rings is 1. The van der Waals surface area contributed by atoms with E-state index >= 15 is 0 Å². The van der Waals surface area contributed by atoms with E-state index in [1.54, 1.807) is 12.1 Å². The molecule has 7 heteroatoms. The predicted octanol–water partition coefficient (Wildman–Crippen LogP) is 0.456.